The Kier molecular flexibility index (Phi) is 7.82. The van der Waals surface area contributed by atoms with Crippen molar-refractivity contribution in [1.82, 2.24) is 4.57 Å². The van der Waals surface area contributed by atoms with Gasteiger partial charge in [0.2, 0.25) is 0 Å². The number of para-hydroxylation sites is 3. The summed E-state index contributed by atoms with van der Waals surface area (Å²) < 4.78 is 8.73. The Balaban J connectivity index is 1.13. The number of hydrogen-bond acceptors (Lipinski definition) is 2. The Labute approximate surface area is 330 Å². The van der Waals surface area contributed by atoms with Crippen molar-refractivity contribution < 1.29 is 4.42 Å². The van der Waals surface area contributed by atoms with Gasteiger partial charge in [-0.05, 0) is 88.5 Å². The van der Waals surface area contributed by atoms with Gasteiger partial charge >= 0.3 is 0 Å². The Morgan fingerprint density at radius 1 is 0.351 bits per heavy atom. The van der Waals surface area contributed by atoms with Crippen LogP contribution in [0.4, 0.5) is 17.1 Å². The molecule has 0 fully saturated rings. The summed E-state index contributed by atoms with van der Waals surface area (Å²) in [5.74, 6) is 0. The smallest absolute Gasteiger partial charge is 0.135 e. The zero-order valence-corrected chi connectivity index (χ0v) is 31.1. The minimum atomic E-state index is 0.876. The van der Waals surface area contributed by atoms with Gasteiger partial charge in [0.25, 0.3) is 0 Å². The molecule has 268 valence electrons. The molecule has 3 heteroatoms. The number of rotatable bonds is 7. The van der Waals surface area contributed by atoms with Crippen LogP contribution in [0, 0.1) is 0 Å². The fourth-order valence-electron chi connectivity index (χ4n) is 8.65. The van der Waals surface area contributed by atoms with Gasteiger partial charge < -0.3 is 13.9 Å². The molecular weight excluding hydrogens is 693 g/mol. The van der Waals surface area contributed by atoms with Crippen LogP contribution < -0.4 is 4.90 Å². The van der Waals surface area contributed by atoms with Crippen molar-refractivity contribution >= 4 is 60.8 Å². The lowest BCUT2D eigenvalue weighted by Crippen LogP contribution is -2.11. The molecule has 2 aromatic heterocycles. The monoisotopic (exact) mass is 728 g/mol. The van der Waals surface area contributed by atoms with E-state index in [-0.39, 0.29) is 0 Å². The average molecular weight is 729 g/mol. The van der Waals surface area contributed by atoms with Gasteiger partial charge in [0.05, 0.1) is 22.4 Å². The van der Waals surface area contributed by atoms with E-state index in [0.717, 1.165) is 66.8 Å². The summed E-state index contributed by atoms with van der Waals surface area (Å²) in [6.45, 7) is 0. The molecule has 0 saturated carbocycles. The van der Waals surface area contributed by atoms with E-state index >= 15 is 0 Å². The molecular formula is C54H36N2O. The third-order valence-corrected chi connectivity index (χ3v) is 11.2. The maximum atomic E-state index is 6.32. The number of benzene rings is 9. The van der Waals surface area contributed by atoms with Gasteiger partial charge in [0, 0.05) is 38.5 Å². The Bertz CT molecular complexity index is 3230. The van der Waals surface area contributed by atoms with E-state index in [1.54, 1.807) is 0 Å². The summed E-state index contributed by atoms with van der Waals surface area (Å²) in [6.07, 6.45) is 0. The van der Waals surface area contributed by atoms with Crippen molar-refractivity contribution in [2.24, 2.45) is 0 Å². The first-order valence-corrected chi connectivity index (χ1v) is 19.4. The molecule has 0 aliphatic rings. The lowest BCUT2D eigenvalue weighted by atomic mass is 9.94. The number of hydrogen-bond donors (Lipinski definition) is 0. The minimum absolute atomic E-state index is 0.876. The molecule has 11 rings (SSSR count). The van der Waals surface area contributed by atoms with Crippen LogP contribution in [0.5, 0.6) is 0 Å². The summed E-state index contributed by atoms with van der Waals surface area (Å²) in [6, 6.07) is 78.2. The molecule has 2 heterocycles. The van der Waals surface area contributed by atoms with Gasteiger partial charge in [0.1, 0.15) is 11.2 Å². The van der Waals surface area contributed by atoms with E-state index in [2.05, 4.69) is 216 Å². The zero-order valence-electron chi connectivity index (χ0n) is 31.1. The first-order valence-electron chi connectivity index (χ1n) is 19.4. The Morgan fingerprint density at radius 3 is 1.65 bits per heavy atom. The second-order valence-corrected chi connectivity index (χ2v) is 14.5. The molecule has 11 aromatic rings. The van der Waals surface area contributed by atoms with E-state index < -0.39 is 0 Å². The summed E-state index contributed by atoms with van der Waals surface area (Å²) in [5.41, 5.74) is 15.6. The highest BCUT2D eigenvalue weighted by Gasteiger charge is 2.24. The van der Waals surface area contributed by atoms with Crippen molar-refractivity contribution in [2.45, 2.75) is 0 Å². The van der Waals surface area contributed by atoms with E-state index in [9.17, 15) is 0 Å². The molecule has 0 aliphatic heterocycles. The van der Waals surface area contributed by atoms with Crippen molar-refractivity contribution in [3.8, 4) is 39.1 Å². The average Bonchev–Trinajstić information content (AvgIpc) is 3.83. The minimum Gasteiger partial charge on any atom is -0.456 e. The van der Waals surface area contributed by atoms with Crippen molar-refractivity contribution in [1.29, 1.82) is 0 Å². The number of nitrogens with zero attached hydrogens (tertiary/aromatic N) is 2. The van der Waals surface area contributed by atoms with Gasteiger partial charge in [-0.25, -0.2) is 0 Å². The SMILES string of the molecule is c1ccc(-c2ccccc2-c2ccc(-n3c4ccccc4c4c(N(c5ccc6oc7ccccc7c6c5)c5ccccc5-c5ccccc5)cccc43)cc2)cc1. The van der Waals surface area contributed by atoms with Gasteiger partial charge in [-0.3, -0.25) is 0 Å². The van der Waals surface area contributed by atoms with Crippen LogP contribution in [0.15, 0.2) is 223 Å². The number of fused-ring (bicyclic) bond motifs is 6. The normalized spacial score (nSPS) is 11.5. The van der Waals surface area contributed by atoms with E-state index in [0.29, 0.717) is 0 Å². The second kappa shape index (κ2) is 13.6. The highest BCUT2D eigenvalue weighted by atomic mass is 16.3. The highest BCUT2D eigenvalue weighted by Crippen LogP contribution is 2.47. The first-order chi connectivity index (χ1) is 28.3. The molecule has 0 radical (unpaired) electrons. The standard InChI is InChI=1S/C54H36N2O/c1-3-16-37(17-4-1)42-20-7-8-21-43(42)39-30-32-40(33-31-39)55-49-26-13-10-24-46(49)54-50(55)27-15-28-51(54)56(48-25-12-9-22-44(48)38-18-5-2-6-19-38)41-34-35-53-47(36-41)45-23-11-14-29-52(45)57-53/h1-36H. The largest absolute Gasteiger partial charge is 0.456 e. The molecule has 57 heavy (non-hydrogen) atoms. The molecule has 0 amide bonds. The second-order valence-electron chi connectivity index (χ2n) is 14.5. The molecule has 3 nitrogen and oxygen atoms in total. The van der Waals surface area contributed by atoms with Crippen molar-refractivity contribution in [3.63, 3.8) is 0 Å². The zero-order chi connectivity index (χ0) is 37.7. The summed E-state index contributed by atoms with van der Waals surface area (Å²) >= 11 is 0. The van der Waals surface area contributed by atoms with Crippen LogP contribution in [0.25, 0.3) is 82.8 Å². The number of aromatic nitrogens is 1. The molecule has 0 unspecified atom stereocenters. The summed E-state index contributed by atoms with van der Waals surface area (Å²) in [4.78, 5) is 2.44. The van der Waals surface area contributed by atoms with Crippen LogP contribution >= 0.6 is 0 Å². The highest BCUT2D eigenvalue weighted by molar-refractivity contribution is 6.17. The van der Waals surface area contributed by atoms with Crippen LogP contribution in [0.3, 0.4) is 0 Å². The van der Waals surface area contributed by atoms with Crippen LogP contribution in [0.1, 0.15) is 0 Å². The van der Waals surface area contributed by atoms with E-state index in [1.165, 1.54) is 33.0 Å². The van der Waals surface area contributed by atoms with Crippen LogP contribution in [-0.2, 0) is 0 Å². The molecule has 0 aliphatic carbocycles. The predicted octanol–water partition coefficient (Wildman–Crippen LogP) is 15.2. The topological polar surface area (TPSA) is 21.3 Å². The Hall–Kier alpha value is -7.62. The third-order valence-electron chi connectivity index (χ3n) is 11.2. The van der Waals surface area contributed by atoms with Gasteiger partial charge in [-0.2, -0.15) is 0 Å². The fraction of sp³-hybridized carbons (Fsp3) is 0. The van der Waals surface area contributed by atoms with Crippen molar-refractivity contribution in [3.05, 3.63) is 218 Å². The van der Waals surface area contributed by atoms with Gasteiger partial charge in [-0.1, -0.05) is 158 Å². The Morgan fingerprint density at radius 2 is 0.895 bits per heavy atom. The van der Waals surface area contributed by atoms with E-state index in [4.69, 9.17) is 4.42 Å². The summed E-state index contributed by atoms with van der Waals surface area (Å²) in [7, 11) is 0. The molecule has 0 N–H and O–H groups in total. The van der Waals surface area contributed by atoms with Crippen LogP contribution in [0.2, 0.25) is 0 Å². The third kappa shape index (κ3) is 5.51. The van der Waals surface area contributed by atoms with Crippen molar-refractivity contribution in [2.75, 3.05) is 4.90 Å². The molecule has 0 atom stereocenters. The molecule has 9 aromatic carbocycles. The van der Waals surface area contributed by atoms with E-state index in [1.807, 2.05) is 12.1 Å². The molecule has 0 bridgehead atoms. The fourth-order valence-corrected chi connectivity index (χ4v) is 8.65. The number of anilines is 3. The summed E-state index contributed by atoms with van der Waals surface area (Å²) in [5, 5.41) is 4.58. The molecule has 0 spiro atoms. The maximum Gasteiger partial charge on any atom is 0.135 e. The first kappa shape index (κ1) is 32.8. The lowest BCUT2D eigenvalue weighted by molar-refractivity contribution is 0.669. The number of furan rings is 1. The maximum absolute atomic E-state index is 6.32. The van der Waals surface area contributed by atoms with Crippen LogP contribution in [-0.4, -0.2) is 4.57 Å². The lowest BCUT2D eigenvalue weighted by Gasteiger charge is -2.29. The van der Waals surface area contributed by atoms with Gasteiger partial charge in [0.15, 0.2) is 0 Å². The van der Waals surface area contributed by atoms with Gasteiger partial charge in [-0.15, -0.1) is 0 Å². The predicted molar refractivity (Wildman–Crippen MR) is 239 cm³/mol. The molecule has 0 saturated heterocycles. The quantitative estimate of drug-likeness (QED) is 0.163.